The van der Waals surface area contributed by atoms with E-state index in [4.69, 9.17) is 0 Å². The lowest BCUT2D eigenvalue weighted by molar-refractivity contribution is 0.316. The molecular weight excluding hydrogens is 158 g/mol. The number of nitrogens with one attached hydrogen (secondary N) is 1. The van der Waals surface area contributed by atoms with E-state index < -0.39 is 0 Å². The van der Waals surface area contributed by atoms with Crippen molar-refractivity contribution in [3.05, 3.63) is 0 Å². The minimum absolute atomic E-state index is 0.587. The van der Waals surface area contributed by atoms with Gasteiger partial charge in [0.05, 0.1) is 0 Å². The second-order valence-corrected chi connectivity index (χ2v) is 4.40. The van der Waals surface area contributed by atoms with Gasteiger partial charge in [0.15, 0.2) is 0 Å². The van der Waals surface area contributed by atoms with Gasteiger partial charge in [-0.05, 0) is 37.6 Å². The van der Waals surface area contributed by atoms with Gasteiger partial charge in [-0.15, -0.1) is 11.8 Å². The Morgan fingerprint density at radius 3 is 2.92 bits per heavy atom. The third kappa shape index (κ3) is 1.89. The van der Waals surface area contributed by atoms with Crippen molar-refractivity contribution in [3.63, 3.8) is 0 Å². The highest BCUT2D eigenvalue weighted by molar-refractivity contribution is 5.13. The van der Waals surface area contributed by atoms with Gasteiger partial charge in [-0.3, -0.25) is 0 Å². The Labute approximate surface area is 81.3 Å². The van der Waals surface area contributed by atoms with Crippen LogP contribution in [-0.4, -0.2) is 12.6 Å². The smallest absolute Gasteiger partial charge is 0.0160 e. The molecule has 72 valence electrons. The van der Waals surface area contributed by atoms with Crippen LogP contribution in [0.1, 0.15) is 45.4 Å². The van der Waals surface area contributed by atoms with Gasteiger partial charge in [0.25, 0.3) is 0 Å². The highest BCUT2D eigenvalue weighted by Gasteiger charge is 2.47. The van der Waals surface area contributed by atoms with Crippen LogP contribution in [-0.2, 0) is 0 Å². The molecule has 1 nitrogen and oxygen atoms in total. The van der Waals surface area contributed by atoms with Crippen LogP contribution in [0.4, 0.5) is 0 Å². The predicted octanol–water partition coefficient (Wildman–Crippen LogP) is 2.32. The minimum atomic E-state index is 0.587. The van der Waals surface area contributed by atoms with Crippen molar-refractivity contribution in [2.75, 3.05) is 6.54 Å². The molecular formula is C12H19N. The second kappa shape index (κ2) is 3.72. The maximum Gasteiger partial charge on any atom is 0.0160 e. The van der Waals surface area contributed by atoms with Crippen molar-refractivity contribution in [2.45, 2.75) is 51.5 Å². The lowest BCUT2D eigenvalue weighted by Gasteiger charge is -2.27. The van der Waals surface area contributed by atoms with Crippen LogP contribution in [0.25, 0.3) is 0 Å². The predicted molar refractivity (Wildman–Crippen MR) is 55.4 cm³/mol. The van der Waals surface area contributed by atoms with E-state index in [1.54, 1.807) is 0 Å². The first-order chi connectivity index (χ1) is 6.37. The van der Waals surface area contributed by atoms with Gasteiger partial charge in [-0.1, -0.05) is 6.92 Å². The van der Waals surface area contributed by atoms with E-state index in [0.717, 1.165) is 25.4 Å². The van der Waals surface area contributed by atoms with E-state index in [9.17, 15) is 0 Å². The average Bonchev–Trinajstić information content (AvgIpc) is 2.87. The molecule has 13 heavy (non-hydrogen) atoms. The molecule has 0 aromatic carbocycles. The summed E-state index contributed by atoms with van der Waals surface area (Å²) in [5.74, 6) is 6.61. The van der Waals surface area contributed by atoms with E-state index in [1.807, 2.05) is 0 Å². The van der Waals surface area contributed by atoms with E-state index >= 15 is 0 Å². The van der Waals surface area contributed by atoms with Crippen LogP contribution >= 0.6 is 0 Å². The van der Waals surface area contributed by atoms with Gasteiger partial charge in [0.1, 0.15) is 0 Å². The SMILES string of the molecule is CCNC1CCCC#CCC12CC2. The van der Waals surface area contributed by atoms with Gasteiger partial charge in [-0.2, -0.15) is 0 Å². The maximum absolute atomic E-state index is 3.64. The molecule has 1 heteroatoms. The molecule has 2 aliphatic carbocycles. The monoisotopic (exact) mass is 177 g/mol. The van der Waals surface area contributed by atoms with Gasteiger partial charge < -0.3 is 5.32 Å². The van der Waals surface area contributed by atoms with Crippen LogP contribution in [0.2, 0.25) is 0 Å². The molecule has 0 radical (unpaired) electrons. The van der Waals surface area contributed by atoms with Gasteiger partial charge in [-0.25, -0.2) is 0 Å². The molecule has 1 spiro atoms. The molecule has 0 aliphatic heterocycles. The summed E-state index contributed by atoms with van der Waals surface area (Å²) in [6, 6.07) is 0.757. The lowest BCUT2D eigenvalue weighted by Crippen LogP contribution is -2.37. The highest BCUT2D eigenvalue weighted by Crippen LogP contribution is 2.53. The quantitative estimate of drug-likeness (QED) is 0.638. The van der Waals surface area contributed by atoms with Crippen LogP contribution in [0, 0.1) is 17.3 Å². The molecule has 1 atom stereocenters. The summed E-state index contributed by atoms with van der Waals surface area (Å²) in [5, 5.41) is 3.64. The van der Waals surface area contributed by atoms with E-state index in [1.165, 1.54) is 25.7 Å². The van der Waals surface area contributed by atoms with Crippen molar-refractivity contribution >= 4 is 0 Å². The van der Waals surface area contributed by atoms with E-state index in [0.29, 0.717) is 5.41 Å². The van der Waals surface area contributed by atoms with Crippen molar-refractivity contribution in [1.82, 2.24) is 5.32 Å². The molecule has 0 aromatic heterocycles. The van der Waals surface area contributed by atoms with Gasteiger partial charge in [0, 0.05) is 18.9 Å². The van der Waals surface area contributed by atoms with Crippen LogP contribution < -0.4 is 5.32 Å². The Kier molecular flexibility index (Phi) is 2.60. The first kappa shape index (κ1) is 9.09. The molecule has 0 saturated heterocycles. The minimum Gasteiger partial charge on any atom is -0.314 e. The second-order valence-electron chi connectivity index (χ2n) is 4.40. The summed E-state index contributed by atoms with van der Waals surface area (Å²) in [6.45, 7) is 3.32. The zero-order chi connectivity index (χ0) is 9.15. The Morgan fingerprint density at radius 2 is 2.23 bits per heavy atom. The van der Waals surface area contributed by atoms with Crippen LogP contribution in [0.5, 0.6) is 0 Å². The fourth-order valence-electron chi connectivity index (χ4n) is 2.40. The van der Waals surface area contributed by atoms with Crippen LogP contribution in [0.15, 0.2) is 0 Å². The third-order valence-electron chi connectivity index (χ3n) is 3.44. The van der Waals surface area contributed by atoms with E-state index in [-0.39, 0.29) is 0 Å². The molecule has 1 saturated carbocycles. The summed E-state index contributed by atoms with van der Waals surface area (Å²) >= 11 is 0. The summed E-state index contributed by atoms with van der Waals surface area (Å²) in [5.41, 5.74) is 0.587. The Balaban J connectivity index is 2.03. The normalized spacial score (nSPS) is 30.1. The van der Waals surface area contributed by atoms with Crippen LogP contribution in [0.3, 0.4) is 0 Å². The first-order valence-electron chi connectivity index (χ1n) is 5.56. The molecule has 2 aliphatic rings. The number of hydrogen-bond donors (Lipinski definition) is 1. The zero-order valence-corrected chi connectivity index (χ0v) is 8.53. The fourth-order valence-corrected chi connectivity index (χ4v) is 2.40. The first-order valence-corrected chi connectivity index (χ1v) is 5.56. The maximum atomic E-state index is 3.64. The van der Waals surface area contributed by atoms with Crippen molar-refractivity contribution < 1.29 is 0 Å². The van der Waals surface area contributed by atoms with E-state index in [2.05, 4.69) is 24.1 Å². The standard InChI is InChI=1S/C12H19N/c1-2-13-11-7-5-3-4-6-8-12(11)9-10-12/h11,13H,2-3,5,7-10H2,1H3. The molecule has 0 aromatic rings. The van der Waals surface area contributed by atoms with Gasteiger partial charge >= 0.3 is 0 Å². The number of rotatable bonds is 2. The lowest BCUT2D eigenvalue weighted by atomic mass is 9.87. The molecule has 1 N–H and O–H groups in total. The summed E-state index contributed by atoms with van der Waals surface area (Å²) in [6.07, 6.45) is 7.68. The Morgan fingerprint density at radius 1 is 1.38 bits per heavy atom. The molecule has 0 bridgehead atoms. The highest BCUT2D eigenvalue weighted by atomic mass is 14.9. The molecule has 0 heterocycles. The molecule has 1 unspecified atom stereocenters. The Hall–Kier alpha value is -0.480. The molecule has 0 amide bonds. The summed E-state index contributed by atoms with van der Waals surface area (Å²) < 4.78 is 0. The van der Waals surface area contributed by atoms with Crippen molar-refractivity contribution in [2.24, 2.45) is 5.41 Å². The van der Waals surface area contributed by atoms with Crippen molar-refractivity contribution in [1.29, 1.82) is 0 Å². The average molecular weight is 177 g/mol. The van der Waals surface area contributed by atoms with Gasteiger partial charge in [0.2, 0.25) is 0 Å². The largest absolute Gasteiger partial charge is 0.314 e. The topological polar surface area (TPSA) is 12.0 Å². The molecule has 1 fully saturated rings. The van der Waals surface area contributed by atoms with Crippen molar-refractivity contribution in [3.8, 4) is 11.8 Å². The Bertz CT molecular complexity index is 229. The zero-order valence-electron chi connectivity index (χ0n) is 8.53. The summed E-state index contributed by atoms with van der Waals surface area (Å²) in [4.78, 5) is 0. The third-order valence-corrected chi connectivity index (χ3v) is 3.44. The molecule has 2 rings (SSSR count). The summed E-state index contributed by atoms with van der Waals surface area (Å²) in [7, 11) is 0. The number of hydrogen-bond acceptors (Lipinski definition) is 1. The fraction of sp³-hybridized carbons (Fsp3) is 0.833.